The molecule has 28 heavy (non-hydrogen) atoms. The van der Waals surface area contributed by atoms with Crippen LogP contribution in [-0.2, 0) is 11.2 Å². The van der Waals surface area contributed by atoms with Gasteiger partial charge >= 0.3 is 0 Å². The number of likely N-dealkylation sites (N-methyl/N-ethyl adjacent to an activating group) is 1. The maximum Gasteiger partial charge on any atom is 0.255 e. The summed E-state index contributed by atoms with van der Waals surface area (Å²) in [5.41, 5.74) is 2.40. The Kier molecular flexibility index (Phi) is 6.57. The second-order valence-electron chi connectivity index (χ2n) is 7.13. The van der Waals surface area contributed by atoms with E-state index in [2.05, 4.69) is 15.3 Å². The highest BCUT2D eigenvalue weighted by atomic mass is 16.2. The molecule has 7 heteroatoms. The normalized spacial score (nSPS) is 16.3. The van der Waals surface area contributed by atoms with Gasteiger partial charge in [-0.15, -0.1) is 0 Å². The van der Waals surface area contributed by atoms with Crippen LogP contribution in [0.2, 0.25) is 0 Å². The second-order valence-corrected chi connectivity index (χ2v) is 7.13. The number of fused-ring (bicyclic) bond motifs is 2. The van der Waals surface area contributed by atoms with Crippen LogP contribution in [0.5, 0.6) is 0 Å². The van der Waals surface area contributed by atoms with Gasteiger partial charge in [-0.05, 0) is 50.5 Å². The molecule has 0 atom stereocenters. The van der Waals surface area contributed by atoms with Gasteiger partial charge in [-0.2, -0.15) is 0 Å². The first-order chi connectivity index (χ1) is 13.5. The number of rotatable bonds is 1. The van der Waals surface area contributed by atoms with Crippen molar-refractivity contribution in [3.05, 3.63) is 53.5 Å². The molecule has 1 N–H and O–H groups in total. The van der Waals surface area contributed by atoms with Crippen LogP contribution in [0.1, 0.15) is 34.6 Å². The molecule has 2 aromatic rings. The minimum Gasteiger partial charge on any atom is -0.368 e. The molecule has 3 rings (SSSR count). The van der Waals surface area contributed by atoms with E-state index in [-0.39, 0.29) is 18.4 Å². The van der Waals surface area contributed by atoms with Gasteiger partial charge in [-0.1, -0.05) is 6.07 Å². The van der Waals surface area contributed by atoms with Crippen LogP contribution in [0, 0.1) is 6.92 Å². The Balaban J connectivity index is 1.75. The maximum absolute atomic E-state index is 12.9. The average Bonchev–Trinajstić information content (AvgIpc) is 2.70. The number of aromatic nitrogens is 2. The summed E-state index contributed by atoms with van der Waals surface area (Å²) in [6, 6.07) is 9.53. The molecule has 0 radical (unpaired) electrons. The highest BCUT2D eigenvalue weighted by Gasteiger charge is 2.21. The number of pyridine rings is 2. The molecule has 2 aromatic heterocycles. The fourth-order valence-electron chi connectivity index (χ4n) is 3.12. The average molecular weight is 381 g/mol. The summed E-state index contributed by atoms with van der Waals surface area (Å²) in [6.45, 7) is 3.63. The predicted octanol–water partition coefficient (Wildman–Crippen LogP) is 2.13. The van der Waals surface area contributed by atoms with Gasteiger partial charge in [0.05, 0.1) is 5.56 Å². The van der Waals surface area contributed by atoms with Gasteiger partial charge in [0.25, 0.3) is 5.91 Å². The first kappa shape index (κ1) is 19.8. The van der Waals surface area contributed by atoms with Gasteiger partial charge in [-0.3, -0.25) is 14.6 Å². The monoisotopic (exact) mass is 381 g/mol. The number of amides is 2. The highest BCUT2D eigenvalue weighted by molar-refractivity contribution is 5.96. The molecule has 1 aliphatic rings. The van der Waals surface area contributed by atoms with Crippen LogP contribution < -0.4 is 5.32 Å². The minimum absolute atomic E-state index is 0.0750. The molecule has 7 nitrogen and oxygen atoms in total. The van der Waals surface area contributed by atoms with E-state index in [1.165, 1.54) is 0 Å². The van der Waals surface area contributed by atoms with Crippen molar-refractivity contribution in [1.29, 1.82) is 0 Å². The lowest BCUT2D eigenvalue weighted by molar-refractivity contribution is -0.130. The minimum atomic E-state index is -0.153. The standard InChI is InChI=1S/C21H27N5O2/c1-16-9-10-17(14-23-16)21(28)26-12-4-3-6-18-7-5-8-19(24-18)22-11-13-25(2)20(27)15-26/h5,7-10,14H,3-4,6,11-13,15H2,1-2H3,(H,22,24). The predicted molar refractivity (Wildman–Crippen MR) is 108 cm³/mol. The molecular formula is C21H27N5O2. The third kappa shape index (κ3) is 5.28. The second kappa shape index (κ2) is 9.30. The van der Waals surface area contributed by atoms with E-state index in [4.69, 9.17) is 0 Å². The number of carbonyl (C=O) groups excluding carboxylic acids is 2. The molecule has 0 saturated heterocycles. The fraction of sp³-hybridized carbons (Fsp3) is 0.429. The van der Waals surface area contributed by atoms with Crippen molar-refractivity contribution in [3.8, 4) is 0 Å². The topological polar surface area (TPSA) is 78.4 Å². The smallest absolute Gasteiger partial charge is 0.255 e. The lowest BCUT2D eigenvalue weighted by atomic mass is 10.1. The Labute approximate surface area is 165 Å². The molecule has 0 unspecified atom stereocenters. The van der Waals surface area contributed by atoms with Crippen molar-refractivity contribution in [2.24, 2.45) is 0 Å². The maximum atomic E-state index is 12.9. The molecule has 0 fully saturated rings. The van der Waals surface area contributed by atoms with Crippen molar-refractivity contribution in [2.75, 3.05) is 38.5 Å². The summed E-state index contributed by atoms with van der Waals surface area (Å²) >= 11 is 0. The van der Waals surface area contributed by atoms with Gasteiger partial charge < -0.3 is 15.1 Å². The molecule has 0 aliphatic carbocycles. The van der Waals surface area contributed by atoms with Gasteiger partial charge in [0.15, 0.2) is 0 Å². The third-order valence-electron chi connectivity index (χ3n) is 4.87. The van der Waals surface area contributed by atoms with Crippen LogP contribution >= 0.6 is 0 Å². The van der Waals surface area contributed by atoms with Gasteiger partial charge in [0, 0.05) is 44.3 Å². The molecule has 2 amide bonds. The summed E-state index contributed by atoms with van der Waals surface area (Å²) in [6.07, 6.45) is 4.13. The SMILES string of the molecule is Cc1ccc(C(=O)N2CCCCc3cccc(n3)NCCN(C)C(=O)C2)cn1. The van der Waals surface area contributed by atoms with E-state index in [0.717, 1.165) is 36.5 Å². The lowest BCUT2D eigenvalue weighted by Gasteiger charge is -2.26. The molecule has 2 bridgehead atoms. The van der Waals surface area contributed by atoms with Crippen LogP contribution in [0.15, 0.2) is 36.5 Å². The number of aryl methyl sites for hydroxylation is 2. The number of nitrogens with one attached hydrogen (secondary N) is 1. The molecule has 148 valence electrons. The highest BCUT2D eigenvalue weighted by Crippen LogP contribution is 2.11. The third-order valence-corrected chi connectivity index (χ3v) is 4.87. The number of carbonyl (C=O) groups is 2. The number of hydrogen-bond donors (Lipinski definition) is 1. The summed E-state index contributed by atoms with van der Waals surface area (Å²) < 4.78 is 0. The lowest BCUT2D eigenvalue weighted by Crippen LogP contribution is -2.43. The number of nitrogens with zero attached hydrogens (tertiary/aromatic N) is 4. The van der Waals surface area contributed by atoms with Crippen molar-refractivity contribution in [1.82, 2.24) is 19.8 Å². The summed E-state index contributed by atoms with van der Waals surface area (Å²) in [7, 11) is 1.76. The molecule has 0 spiro atoms. The first-order valence-corrected chi connectivity index (χ1v) is 9.68. The Morgan fingerprint density at radius 3 is 2.79 bits per heavy atom. The van der Waals surface area contributed by atoms with Crippen molar-refractivity contribution >= 4 is 17.6 Å². The van der Waals surface area contributed by atoms with Crippen molar-refractivity contribution in [3.63, 3.8) is 0 Å². The van der Waals surface area contributed by atoms with Crippen LogP contribution in [0.3, 0.4) is 0 Å². The number of anilines is 1. The first-order valence-electron chi connectivity index (χ1n) is 9.68. The van der Waals surface area contributed by atoms with Crippen LogP contribution in [-0.4, -0.2) is 64.8 Å². The van der Waals surface area contributed by atoms with Gasteiger partial charge in [0.2, 0.25) is 5.91 Å². The van der Waals surface area contributed by atoms with Crippen LogP contribution in [0.4, 0.5) is 5.82 Å². The largest absolute Gasteiger partial charge is 0.368 e. The Bertz CT molecular complexity index is 822. The van der Waals surface area contributed by atoms with Gasteiger partial charge in [-0.25, -0.2) is 4.98 Å². The Hall–Kier alpha value is -2.96. The molecular weight excluding hydrogens is 354 g/mol. The summed E-state index contributed by atoms with van der Waals surface area (Å²) in [5.74, 6) is 0.604. The van der Waals surface area contributed by atoms with Crippen molar-refractivity contribution in [2.45, 2.75) is 26.2 Å². The zero-order chi connectivity index (χ0) is 19.9. The summed E-state index contributed by atoms with van der Waals surface area (Å²) in [5, 5.41) is 3.26. The summed E-state index contributed by atoms with van der Waals surface area (Å²) in [4.78, 5) is 37.7. The molecule has 0 saturated carbocycles. The fourth-order valence-corrected chi connectivity index (χ4v) is 3.12. The molecule has 0 aromatic carbocycles. The molecule has 1 aliphatic heterocycles. The Morgan fingerprint density at radius 2 is 2.00 bits per heavy atom. The van der Waals surface area contributed by atoms with E-state index >= 15 is 0 Å². The van der Waals surface area contributed by atoms with E-state index < -0.39 is 0 Å². The van der Waals surface area contributed by atoms with E-state index in [1.54, 1.807) is 29.1 Å². The zero-order valence-electron chi connectivity index (χ0n) is 16.5. The Morgan fingerprint density at radius 1 is 1.14 bits per heavy atom. The number of hydrogen-bond acceptors (Lipinski definition) is 5. The van der Waals surface area contributed by atoms with Crippen molar-refractivity contribution < 1.29 is 9.59 Å². The van der Waals surface area contributed by atoms with E-state index in [9.17, 15) is 9.59 Å². The van der Waals surface area contributed by atoms with E-state index in [0.29, 0.717) is 25.2 Å². The van der Waals surface area contributed by atoms with Gasteiger partial charge in [0.1, 0.15) is 12.4 Å². The van der Waals surface area contributed by atoms with Crippen LogP contribution in [0.25, 0.3) is 0 Å². The quantitative estimate of drug-likeness (QED) is 0.819. The zero-order valence-corrected chi connectivity index (χ0v) is 16.5. The van der Waals surface area contributed by atoms with E-state index in [1.807, 2.05) is 31.2 Å². The molecule has 3 heterocycles.